The molecule has 3 aromatic carbocycles. The highest BCUT2D eigenvalue weighted by atomic mass is 35.5. The summed E-state index contributed by atoms with van der Waals surface area (Å²) >= 11 is 5.91. The van der Waals surface area contributed by atoms with Gasteiger partial charge in [-0.1, -0.05) is 60.1 Å². The minimum atomic E-state index is 0.396. The number of halogens is 1. The molecule has 0 fully saturated rings. The number of aromatic nitrogens is 2. The summed E-state index contributed by atoms with van der Waals surface area (Å²) < 4.78 is 1.47. The molecule has 5 heteroatoms. The van der Waals surface area contributed by atoms with E-state index in [9.17, 15) is 5.26 Å². The van der Waals surface area contributed by atoms with E-state index in [1.165, 1.54) is 10.9 Å². The van der Waals surface area contributed by atoms with Gasteiger partial charge in [-0.2, -0.15) is 10.4 Å². The van der Waals surface area contributed by atoms with Crippen LogP contribution in [0.4, 0.5) is 17.1 Å². The monoisotopic (exact) mass is 396 g/mol. The molecule has 1 aromatic heterocycles. The second-order valence-corrected chi connectivity index (χ2v) is 6.78. The van der Waals surface area contributed by atoms with Gasteiger partial charge < -0.3 is 4.90 Å². The van der Waals surface area contributed by atoms with Crippen molar-refractivity contribution in [2.24, 2.45) is 0 Å². The highest BCUT2D eigenvalue weighted by molar-refractivity contribution is 6.30. The van der Waals surface area contributed by atoms with E-state index >= 15 is 0 Å². The molecule has 140 valence electrons. The van der Waals surface area contributed by atoms with Gasteiger partial charge in [0, 0.05) is 17.1 Å². The average Bonchev–Trinajstić information content (AvgIpc) is 3.21. The number of anilines is 3. The van der Waals surface area contributed by atoms with Crippen molar-refractivity contribution in [3.8, 4) is 6.07 Å². The zero-order valence-electron chi connectivity index (χ0n) is 15.5. The SMILES string of the molecule is N#CC(=Cc1ccc(N(c2ccccc2)c2ccccc2)cc1)n1cc(Cl)cn1. The predicted octanol–water partition coefficient (Wildman–Crippen LogP) is 6.53. The Bertz CT molecular complexity index is 1120. The Morgan fingerprint density at radius 2 is 1.41 bits per heavy atom. The van der Waals surface area contributed by atoms with E-state index in [4.69, 9.17) is 11.6 Å². The van der Waals surface area contributed by atoms with Crippen LogP contribution in [0.2, 0.25) is 5.02 Å². The maximum absolute atomic E-state index is 9.46. The Hall–Kier alpha value is -3.81. The zero-order chi connectivity index (χ0) is 20.1. The van der Waals surface area contributed by atoms with Crippen LogP contribution in [0.1, 0.15) is 5.56 Å². The molecule has 0 bridgehead atoms. The molecule has 4 nitrogen and oxygen atoms in total. The summed E-state index contributed by atoms with van der Waals surface area (Å²) in [5, 5.41) is 14.0. The van der Waals surface area contributed by atoms with Gasteiger partial charge in [-0.25, -0.2) is 4.68 Å². The third-order valence-electron chi connectivity index (χ3n) is 4.40. The maximum Gasteiger partial charge on any atom is 0.142 e. The average molecular weight is 397 g/mol. The van der Waals surface area contributed by atoms with E-state index in [1.54, 1.807) is 12.3 Å². The summed E-state index contributed by atoms with van der Waals surface area (Å²) in [6.45, 7) is 0. The lowest BCUT2D eigenvalue weighted by atomic mass is 10.1. The van der Waals surface area contributed by atoms with Crippen LogP contribution in [0.15, 0.2) is 97.3 Å². The smallest absolute Gasteiger partial charge is 0.142 e. The Labute approximate surface area is 174 Å². The number of nitrogens with zero attached hydrogens (tertiary/aromatic N) is 4. The molecular weight excluding hydrogens is 380 g/mol. The van der Waals surface area contributed by atoms with Crippen molar-refractivity contribution in [3.05, 3.63) is 108 Å². The molecule has 0 aliphatic rings. The van der Waals surface area contributed by atoms with Crippen LogP contribution in [-0.2, 0) is 0 Å². The zero-order valence-corrected chi connectivity index (χ0v) is 16.2. The van der Waals surface area contributed by atoms with Crippen molar-refractivity contribution in [1.82, 2.24) is 9.78 Å². The molecule has 0 unspecified atom stereocenters. The van der Waals surface area contributed by atoms with E-state index in [2.05, 4.69) is 40.3 Å². The van der Waals surface area contributed by atoms with Crippen LogP contribution >= 0.6 is 11.6 Å². The van der Waals surface area contributed by atoms with Gasteiger partial charge >= 0.3 is 0 Å². The second-order valence-electron chi connectivity index (χ2n) is 6.34. The molecule has 4 rings (SSSR count). The first-order chi connectivity index (χ1) is 14.2. The van der Waals surface area contributed by atoms with Gasteiger partial charge in [0.15, 0.2) is 0 Å². The van der Waals surface area contributed by atoms with Crippen molar-refractivity contribution in [1.29, 1.82) is 5.26 Å². The lowest BCUT2D eigenvalue weighted by Crippen LogP contribution is -2.09. The quantitative estimate of drug-likeness (QED) is 0.360. The van der Waals surface area contributed by atoms with Gasteiger partial charge in [-0.15, -0.1) is 0 Å². The summed E-state index contributed by atoms with van der Waals surface area (Å²) in [4.78, 5) is 2.19. The van der Waals surface area contributed by atoms with E-state index in [-0.39, 0.29) is 0 Å². The summed E-state index contributed by atoms with van der Waals surface area (Å²) in [7, 11) is 0. The van der Waals surface area contributed by atoms with Crippen LogP contribution in [-0.4, -0.2) is 9.78 Å². The summed E-state index contributed by atoms with van der Waals surface area (Å²) in [5.74, 6) is 0. The van der Waals surface area contributed by atoms with E-state index in [0.717, 1.165) is 22.6 Å². The van der Waals surface area contributed by atoms with Gasteiger partial charge in [0.1, 0.15) is 11.8 Å². The third-order valence-corrected chi connectivity index (χ3v) is 4.59. The van der Waals surface area contributed by atoms with Crippen molar-refractivity contribution >= 4 is 40.4 Å². The number of hydrogen-bond acceptors (Lipinski definition) is 3. The first-order valence-corrected chi connectivity index (χ1v) is 9.45. The molecule has 29 heavy (non-hydrogen) atoms. The van der Waals surface area contributed by atoms with Crippen molar-refractivity contribution < 1.29 is 0 Å². The van der Waals surface area contributed by atoms with E-state index in [0.29, 0.717) is 10.7 Å². The van der Waals surface area contributed by atoms with Gasteiger partial charge in [-0.3, -0.25) is 0 Å². The topological polar surface area (TPSA) is 44.9 Å². The minimum Gasteiger partial charge on any atom is -0.311 e. The highest BCUT2D eigenvalue weighted by Gasteiger charge is 2.11. The number of hydrogen-bond donors (Lipinski definition) is 0. The largest absolute Gasteiger partial charge is 0.311 e. The number of benzene rings is 3. The van der Waals surface area contributed by atoms with Crippen LogP contribution < -0.4 is 4.90 Å². The Morgan fingerprint density at radius 1 is 0.862 bits per heavy atom. The van der Waals surface area contributed by atoms with Gasteiger partial charge in [0.2, 0.25) is 0 Å². The normalized spacial score (nSPS) is 11.1. The van der Waals surface area contributed by atoms with Gasteiger partial charge in [0.05, 0.1) is 17.4 Å². The molecule has 0 saturated carbocycles. The standard InChI is InChI=1S/C24H17ClN4/c25-20-17-27-28(18-20)24(16-26)15-19-11-13-23(14-12-19)29(21-7-3-1-4-8-21)22-9-5-2-6-10-22/h1-15,17-18H. The number of nitriles is 1. The van der Waals surface area contributed by atoms with Crippen LogP contribution in [0.25, 0.3) is 11.8 Å². The molecule has 0 spiro atoms. The van der Waals surface area contributed by atoms with Crippen molar-refractivity contribution in [2.45, 2.75) is 0 Å². The molecule has 1 heterocycles. The maximum atomic E-state index is 9.46. The molecule has 0 aliphatic carbocycles. The minimum absolute atomic E-state index is 0.396. The van der Waals surface area contributed by atoms with Crippen molar-refractivity contribution in [2.75, 3.05) is 4.90 Å². The first kappa shape index (κ1) is 18.5. The Balaban J connectivity index is 1.70. The third kappa shape index (κ3) is 4.21. The Morgan fingerprint density at radius 3 is 1.90 bits per heavy atom. The van der Waals surface area contributed by atoms with Crippen LogP contribution in [0.3, 0.4) is 0 Å². The molecule has 0 N–H and O–H groups in total. The number of rotatable bonds is 5. The van der Waals surface area contributed by atoms with Crippen LogP contribution in [0.5, 0.6) is 0 Å². The fourth-order valence-corrected chi connectivity index (χ4v) is 3.20. The molecule has 0 amide bonds. The summed E-state index contributed by atoms with van der Waals surface area (Å²) in [5.41, 5.74) is 4.47. The molecule has 0 radical (unpaired) electrons. The summed E-state index contributed by atoms with van der Waals surface area (Å²) in [6.07, 6.45) is 4.90. The Kier molecular flexibility index (Phi) is 5.42. The van der Waals surface area contributed by atoms with Gasteiger partial charge in [-0.05, 0) is 48.0 Å². The van der Waals surface area contributed by atoms with Crippen LogP contribution in [0, 0.1) is 11.3 Å². The number of allylic oxidation sites excluding steroid dienone is 1. The second kappa shape index (κ2) is 8.47. The lowest BCUT2D eigenvalue weighted by molar-refractivity contribution is 0.916. The molecule has 4 aromatic rings. The molecule has 0 atom stereocenters. The highest BCUT2D eigenvalue weighted by Crippen LogP contribution is 2.34. The molecule has 0 saturated heterocycles. The van der Waals surface area contributed by atoms with Gasteiger partial charge in [0.25, 0.3) is 0 Å². The molecular formula is C24H17ClN4. The number of para-hydroxylation sites is 2. The first-order valence-electron chi connectivity index (χ1n) is 9.07. The summed E-state index contributed by atoms with van der Waals surface area (Å²) in [6, 6.07) is 30.6. The fraction of sp³-hybridized carbons (Fsp3) is 0. The van der Waals surface area contributed by atoms with Crippen molar-refractivity contribution in [3.63, 3.8) is 0 Å². The fourth-order valence-electron chi connectivity index (χ4n) is 3.06. The lowest BCUT2D eigenvalue weighted by Gasteiger charge is -2.25. The van der Waals surface area contributed by atoms with E-state index < -0.39 is 0 Å². The van der Waals surface area contributed by atoms with E-state index in [1.807, 2.05) is 60.7 Å². The predicted molar refractivity (Wildman–Crippen MR) is 118 cm³/mol. The molecule has 0 aliphatic heterocycles.